The summed E-state index contributed by atoms with van der Waals surface area (Å²) in [6.07, 6.45) is -0.288. The molecule has 3 amide bonds. The number of aromatic carboxylic acids is 1. The van der Waals surface area contributed by atoms with Crippen molar-refractivity contribution in [3.63, 3.8) is 0 Å². The van der Waals surface area contributed by atoms with E-state index in [9.17, 15) is 24.6 Å². The molecule has 3 atom stereocenters. The number of benzene rings is 3. The van der Waals surface area contributed by atoms with Crippen LogP contribution in [0, 0.1) is 5.92 Å². The summed E-state index contributed by atoms with van der Waals surface area (Å²) in [4.78, 5) is 41.4. The first-order chi connectivity index (χ1) is 21.6. The maximum atomic E-state index is 13.5. The summed E-state index contributed by atoms with van der Waals surface area (Å²) < 4.78 is 17.3. The number of carboxylic acid groups (broad SMARTS) is 1. The molecule has 0 fully saturated rings. The van der Waals surface area contributed by atoms with Gasteiger partial charge in [-0.2, -0.15) is 0 Å². The number of fused-ring (bicyclic) bond motifs is 2. The van der Waals surface area contributed by atoms with E-state index in [1.54, 1.807) is 65.6 Å². The standard InChI is InChI=1S/C33H38N4O8/c1-20-15-37(21(2)18-38)31(39)13-24-12-25(34-33(42)35-26-9-11-28-29(14-26)44-19-43-28)8-10-27(24)45-30(20)17-36(3)16-22-4-6-23(7-5-22)32(40)41/h4-12,14,20-21,30,38H,13,15-19H2,1-3H3,(H,40,41)(H2,34,35,42)/t20-,21+,30+/m1/s1. The summed E-state index contributed by atoms with van der Waals surface area (Å²) in [6, 6.07) is 16.2. The molecule has 4 N–H and O–H groups in total. The molecule has 0 bridgehead atoms. The number of carbonyl (C=O) groups is 3. The molecule has 0 saturated carbocycles. The fourth-order valence-electron chi connectivity index (χ4n) is 5.43. The smallest absolute Gasteiger partial charge is 0.335 e. The van der Waals surface area contributed by atoms with E-state index in [4.69, 9.17) is 14.2 Å². The van der Waals surface area contributed by atoms with Gasteiger partial charge in [0, 0.05) is 48.6 Å². The van der Waals surface area contributed by atoms with Gasteiger partial charge in [-0.25, -0.2) is 9.59 Å². The number of aliphatic hydroxyl groups excluding tert-OH is 1. The van der Waals surface area contributed by atoms with E-state index in [2.05, 4.69) is 15.5 Å². The van der Waals surface area contributed by atoms with Crippen molar-refractivity contribution in [2.24, 2.45) is 5.92 Å². The number of amides is 3. The molecule has 5 rings (SSSR count). The number of rotatable bonds is 9. The van der Waals surface area contributed by atoms with Crippen LogP contribution in [0.1, 0.15) is 35.3 Å². The quantitative estimate of drug-likeness (QED) is 0.279. The second-order valence-electron chi connectivity index (χ2n) is 11.6. The molecule has 0 aliphatic carbocycles. The minimum absolute atomic E-state index is 0.0319. The van der Waals surface area contributed by atoms with Crippen LogP contribution in [0.4, 0.5) is 16.2 Å². The molecule has 2 aliphatic heterocycles. The number of carbonyl (C=O) groups excluding carboxylic acids is 2. The molecular weight excluding hydrogens is 580 g/mol. The molecule has 12 heteroatoms. The normalized spacial score (nSPS) is 18.2. The Hall–Kier alpha value is -4.81. The largest absolute Gasteiger partial charge is 0.488 e. The lowest BCUT2D eigenvalue weighted by atomic mass is 10.0. The van der Waals surface area contributed by atoms with Crippen LogP contribution in [0.15, 0.2) is 60.7 Å². The number of nitrogens with one attached hydrogen (secondary N) is 2. The van der Waals surface area contributed by atoms with E-state index in [1.807, 2.05) is 20.9 Å². The summed E-state index contributed by atoms with van der Waals surface area (Å²) >= 11 is 0. The van der Waals surface area contributed by atoms with Crippen molar-refractivity contribution in [1.82, 2.24) is 9.80 Å². The number of likely N-dealkylation sites (N-methyl/N-ethyl adjacent to an activating group) is 1. The Kier molecular flexibility index (Phi) is 9.74. The molecule has 12 nitrogen and oxygen atoms in total. The monoisotopic (exact) mass is 618 g/mol. The van der Waals surface area contributed by atoms with Gasteiger partial charge >= 0.3 is 12.0 Å². The molecule has 2 aliphatic rings. The SMILES string of the molecule is C[C@@H]1CN([C@@H](C)CO)C(=O)Cc2cc(NC(=O)Nc3ccc4c(c3)OCO4)ccc2O[C@H]1CN(C)Cc1ccc(C(=O)O)cc1. The zero-order chi connectivity index (χ0) is 32.1. The van der Waals surface area contributed by atoms with Crippen molar-refractivity contribution in [3.05, 3.63) is 77.4 Å². The van der Waals surface area contributed by atoms with Crippen molar-refractivity contribution >= 4 is 29.3 Å². The van der Waals surface area contributed by atoms with Gasteiger partial charge in [-0.15, -0.1) is 0 Å². The molecule has 238 valence electrons. The maximum absolute atomic E-state index is 13.5. The summed E-state index contributed by atoms with van der Waals surface area (Å²) in [5, 5.41) is 24.7. The van der Waals surface area contributed by atoms with Gasteiger partial charge in [-0.05, 0) is 62.0 Å². The Morgan fingerprint density at radius 2 is 1.67 bits per heavy atom. The second-order valence-corrected chi connectivity index (χ2v) is 11.6. The number of anilines is 2. The fraction of sp³-hybridized carbons (Fsp3) is 0.364. The highest BCUT2D eigenvalue weighted by Crippen LogP contribution is 2.34. The first kappa shape index (κ1) is 31.6. The van der Waals surface area contributed by atoms with Gasteiger partial charge in [0.1, 0.15) is 11.9 Å². The van der Waals surface area contributed by atoms with E-state index in [0.29, 0.717) is 53.8 Å². The van der Waals surface area contributed by atoms with Crippen LogP contribution in [0.3, 0.4) is 0 Å². The molecule has 2 heterocycles. The molecule has 0 aromatic heterocycles. The van der Waals surface area contributed by atoms with Crippen molar-refractivity contribution in [1.29, 1.82) is 0 Å². The fourth-order valence-corrected chi connectivity index (χ4v) is 5.43. The molecule has 0 radical (unpaired) electrons. The number of carboxylic acids is 1. The highest BCUT2D eigenvalue weighted by molar-refractivity contribution is 6.00. The summed E-state index contributed by atoms with van der Waals surface area (Å²) in [7, 11) is 1.96. The lowest BCUT2D eigenvalue weighted by molar-refractivity contribution is -0.134. The minimum atomic E-state index is -0.971. The van der Waals surface area contributed by atoms with Crippen LogP contribution in [-0.2, 0) is 17.8 Å². The van der Waals surface area contributed by atoms with Gasteiger partial charge in [0.15, 0.2) is 11.5 Å². The van der Waals surface area contributed by atoms with E-state index in [-0.39, 0.29) is 49.4 Å². The van der Waals surface area contributed by atoms with Gasteiger partial charge in [-0.3, -0.25) is 9.69 Å². The average Bonchev–Trinajstić information content (AvgIpc) is 3.49. The zero-order valence-electron chi connectivity index (χ0n) is 25.5. The van der Waals surface area contributed by atoms with Crippen LogP contribution in [0.25, 0.3) is 0 Å². The molecule has 3 aromatic rings. The predicted molar refractivity (Wildman–Crippen MR) is 167 cm³/mol. The summed E-state index contributed by atoms with van der Waals surface area (Å²) in [6.45, 7) is 5.27. The lowest BCUT2D eigenvalue weighted by Crippen LogP contribution is -2.47. The van der Waals surface area contributed by atoms with Crippen LogP contribution >= 0.6 is 0 Å². The molecule has 3 aromatic carbocycles. The van der Waals surface area contributed by atoms with E-state index >= 15 is 0 Å². The Labute approximate surface area is 261 Å². The van der Waals surface area contributed by atoms with Gasteiger partial charge < -0.3 is 40.0 Å². The molecule has 0 saturated heterocycles. The molecule has 0 spiro atoms. The van der Waals surface area contributed by atoms with Crippen molar-refractivity contribution < 1.29 is 38.8 Å². The first-order valence-electron chi connectivity index (χ1n) is 14.8. The van der Waals surface area contributed by atoms with E-state index in [1.165, 1.54) is 0 Å². The summed E-state index contributed by atoms with van der Waals surface area (Å²) in [5.74, 6) is 0.494. The first-order valence-corrected chi connectivity index (χ1v) is 14.8. The van der Waals surface area contributed by atoms with Crippen LogP contribution < -0.4 is 24.8 Å². The van der Waals surface area contributed by atoms with Gasteiger partial charge in [0.25, 0.3) is 0 Å². The van der Waals surface area contributed by atoms with Crippen LogP contribution in [0.2, 0.25) is 0 Å². The Balaban J connectivity index is 1.33. The van der Waals surface area contributed by atoms with Crippen LogP contribution in [0.5, 0.6) is 17.2 Å². The van der Waals surface area contributed by atoms with Crippen molar-refractivity contribution in [3.8, 4) is 17.2 Å². The van der Waals surface area contributed by atoms with Gasteiger partial charge in [-0.1, -0.05) is 19.1 Å². The number of aliphatic hydroxyl groups is 1. The third kappa shape index (κ3) is 7.83. The minimum Gasteiger partial charge on any atom is -0.488 e. The molecule has 0 unspecified atom stereocenters. The Morgan fingerprint density at radius 1 is 1.00 bits per heavy atom. The number of urea groups is 1. The second kappa shape index (κ2) is 13.9. The topological polar surface area (TPSA) is 150 Å². The van der Waals surface area contributed by atoms with Crippen molar-refractivity contribution in [2.45, 2.75) is 39.0 Å². The summed E-state index contributed by atoms with van der Waals surface area (Å²) in [5.41, 5.74) is 2.82. The third-order valence-electron chi connectivity index (χ3n) is 7.95. The number of hydrogen-bond acceptors (Lipinski definition) is 8. The van der Waals surface area contributed by atoms with Crippen molar-refractivity contribution in [2.75, 3.05) is 44.2 Å². The predicted octanol–water partition coefficient (Wildman–Crippen LogP) is 4.04. The van der Waals surface area contributed by atoms with Crippen LogP contribution in [-0.4, -0.2) is 83.6 Å². The van der Waals surface area contributed by atoms with E-state index < -0.39 is 12.0 Å². The van der Waals surface area contributed by atoms with E-state index in [0.717, 1.165) is 5.56 Å². The Morgan fingerprint density at radius 3 is 2.36 bits per heavy atom. The number of hydrogen-bond donors (Lipinski definition) is 4. The highest BCUT2D eigenvalue weighted by atomic mass is 16.7. The zero-order valence-corrected chi connectivity index (χ0v) is 25.5. The number of nitrogens with zero attached hydrogens (tertiary/aromatic N) is 2. The average molecular weight is 619 g/mol. The lowest BCUT2D eigenvalue weighted by Gasteiger charge is -2.34. The molecular formula is C33H38N4O8. The number of ether oxygens (including phenoxy) is 3. The highest BCUT2D eigenvalue weighted by Gasteiger charge is 2.31. The Bertz CT molecular complexity index is 1550. The molecule has 45 heavy (non-hydrogen) atoms. The third-order valence-corrected chi connectivity index (χ3v) is 7.95. The van der Waals surface area contributed by atoms with Gasteiger partial charge in [0.05, 0.1) is 24.6 Å². The maximum Gasteiger partial charge on any atom is 0.335 e. The van der Waals surface area contributed by atoms with Gasteiger partial charge in [0.2, 0.25) is 12.7 Å².